The van der Waals surface area contributed by atoms with Gasteiger partial charge in [0, 0.05) is 25.7 Å². The number of carbonyl (C=O) groups is 4. The highest BCUT2D eigenvalue weighted by Gasteiger charge is 2.60. The number of unbranched alkanes of at least 4 members (excludes halogenated alkanes) is 2. The first-order chi connectivity index (χ1) is 17.6. The van der Waals surface area contributed by atoms with Crippen molar-refractivity contribution in [3.63, 3.8) is 0 Å². The standard InChI is InChI=1S/C26H42O11/c1-4-7-17-24(31,18-8-5-2)26(36-22(29)15-11-12-16-23(30)37-26)33-19-25(32-6-3)34-20(27)13-9-10-14-21(28)35-25/h31H,4-19H2,1-3H3. The van der Waals surface area contributed by atoms with Gasteiger partial charge < -0.3 is 28.8 Å². The molecule has 0 radical (unpaired) electrons. The number of hydrogen-bond donors (Lipinski definition) is 1. The van der Waals surface area contributed by atoms with E-state index in [2.05, 4.69) is 0 Å². The normalized spacial score (nSPS) is 21.1. The van der Waals surface area contributed by atoms with Crippen molar-refractivity contribution in [3.8, 4) is 0 Å². The molecule has 0 saturated carbocycles. The fourth-order valence-electron chi connectivity index (χ4n) is 4.29. The lowest BCUT2D eigenvalue weighted by Gasteiger charge is -2.45. The van der Waals surface area contributed by atoms with Crippen LogP contribution >= 0.6 is 0 Å². The van der Waals surface area contributed by atoms with Gasteiger partial charge in [0.2, 0.25) is 0 Å². The fraction of sp³-hybridized carbons (Fsp3) is 0.846. The summed E-state index contributed by atoms with van der Waals surface area (Å²) in [4.78, 5) is 50.6. The number of aliphatic hydroxyl groups is 1. The molecule has 2 saturated heterocycles. The Bertz CT molecular complexity index is 730. The minimum atomic E-state index is -2.57. The average Bonchev–Trinajstić information content (AvgIpc) is 2.96. The molecule has 1 N–H and O–H groups in total. The van der Waals surface area contributed by atoms with Crippen LogP contribution in [0.3, 0.4) is 0 Å². The summed E-state index contributed by atoms with van der Waals surface area (Å²) in [6.07, 6.45) is 4.26. The third-order valence-corrected chi connectivity index (χ3v) is 6.32. The average molecular weight is 531 g/mol. The maximum atomic E-state index is 12.8. The Kier molecular flexibility index (Phi) is 12.3. The van der Waals surface area contributed by atoms with E-state index in [9.17, 15) is 24.3 Å². The van der Waals surface area contributed by atoms with Gasteiger partial charge >= 0.3 is 35.8 Å². The molecule has 2 heterocycles. The van der Waals surface area contributed by atoms with Gasteiger partial charge in [0.1, 0.15) is 0 Å². The summed E-state index contributed by atoms with van der Waals surface area (Å²) in [7, 11) is 0. The second-order valence-corrected chi connectivity index (χ2v) is 9.51. The first-order valence-corrected chi connectivity index (χ1v) is 13.5. The van der Waals surface area contributed by atoms with Crippen LogP contribution in [0.5, 0.6) is 0 Å². The Morgan fingerprint density at radius 3 is 1.49 bits per heavy atom. The van der Waals surface area contributed by atoms with E-state index in [-0.39, 0.29) is 45.1 Å². The zero-order valence-electron chi connectivity index (χ0n) is 22.3. The van der Waals surface area contributed by atoms with E-state index in [1.807, 2.05) is 13.8 Å². The summed E-state index contributed by atoms with van der Waals surface area (Å²) in [5, 5.41) is 12.0. The molecule has 37 heavy (non-hydrogen) atoms. The molecular weight excluding hydrogens is 488 g/mol. The zero-order valence-corrected chi connectivity index (χ0v) is 22.3. The van der Waals surface area contributed by atoms with E-state index in [4.69, 9.17) is 28.4 Å². The van der Waals surface area contributed by atoms with E-state index < -0.39 is 48.0 Å². The third kappa shape index (κ3) is 8.93. The smallest absolute Gasteiger partial charge is 0.396 e. The molecule has 11 heteroatoms. The highest BCUT2D eigenvalue weighted by atomic mass is 16.9. The van der Waals surface area contributed by atoms with Gasteiger partial charge in [-0.1, -0.05) is 39.5 Å². The highest BCUT2D eigenvalue weighted by molar-refractivity contribution is 5.73. The molecule has 212 valence electrons. The summed E-state index contributed by atoms with van der Waals surface area (Å²) in [5.74, 6) is -7.72. The van der Waals surface area contributed by atoms with Crippen LogP contribution in [0.4, 0.5) is 0 Å². The third-order valence-electron chi connectivity index (χ3n) is 6.32. The summed E-state index contributed by atoms with van der Waals surface area (Å²) >= 11 is 0. The SMILES string of the molecule is CCCCC(O)(CCCC)C1(OCC2(OCC)OC(=O)CCCCC(=O)O2)OC(=O)CCCCC(=O)O1. The molecule has 0 aromatic rings. The van der Waals surface area contributed by atoms with Crippen LogP contribution in [0.25, 0.3) is 0 Å². The van der Waals surface area contributed by atoms with Crippen LogP contribution < -0.4 is 0 Å². The minimum absolute atomic E-state index is 0.0139. The molecule has 2 aliphatic heterocycles. The van der Waals surface area contributed by atoms with Crippen molar-refractivity contribution in [1.29, 1.82) is 0 Å². The van der Waals surface area contributed by atoms with Gasteiger partial charge in [-0.2, -0.15) is 0 Å². The Morgan fingerprint density at radius 1 is 0.703 bits per heavy atom. The van der Waals surface area contributed by atoms with Crippen molar-refractivity contribution < 1.29 is 52.7 Å². The van der Waals surface area contributed by atoms with Crippen LogP contribution in [-0.4, -0.2) is 59.7 Å². The molecule has 0 aromatic heterocycles. The molecule has 11 nitrogen and oxygen atoms in total. The van der Waals surface area contributed by atoms with E-state index >= 15 is 0 Å². The molecule has 2 rings (SSSR count). The first kappa shape index (κ1) is 31.0. The highest BCUT2D eigenvalue weighted by Crippen LogP contribution is 2.40. The van der Waals surface area contributed by atoms with E-state index in [0.717, 1.165) is 0 Å². The molecule has 0 unspecified atom stereocenters. The van der Waals surface area contributed by atoms with Crippen molar-refractivity contribution >= 4 is 23.9 Å². The van der Waals surface area contributed by atoms with Crippen molar-refractivity contribution in [2.24, 2.45) is 0 Å². The van der Waals surface area contributed by atoms with E-state index in [1.165, 1.54) is 0 Å². The lowest BCUT2D eigenvalue weighted by atomic mass is 9.87. The Balaban J connectivity index is 2.55. The van der Waals surface area contributed by atoms with Gasteiger partial charge in [0.25, 0.3) is 0 Å². The van der Waals surface area contributed by atoms with Gasteiger partial charge in [-0.05, 0) is 45.4 Å². The summed E-state index contributed by atoms with van der Waals surface area (Å²) in [6.45, 7) is 4.61. The Hall–Kier alpha value is -2.24. The lowest BCUT2D eigenvalue weighted by Crippen LogP contribution is -2.63. The molecule has 2 aliphatic rings. The second kappa shape index (κ2) is 14.6. The van der Waals surface area contributed by atoms with Crippen molar-refractivity contribution in [3.05, 3.63) is 0 Å². The van der Waals surface area contributed by atoms with Crippen LogP contribution in [0.2, 0.25) is 0 Å². The van der Waals surface area contributed by atoms with Gasteiger partial charge in [-0.15, -0.1) is 0 Å². The predicted molar refractivity (Wildman–Crippen MR) is 128 cm³/mol. The number of ether oxygens (including phenoxy) is 6. The minimum Gasteiger partial charge on any atom is -0.396 e. The van der Waals surface area contributed by atoms with Crippen LogP contribution in [0.15, 0.2) is 0 Å². The molecule has 0 aromatic carbocycles. The van der Waals surface area contributed by atoms with E-state index in [0.29, 0.717) is 51.4 Å². The topological polar surface area (TPSA) is 144 Å². The maximum absolute atomic E-state index is 12.8. The number of cyclic esters (lactones) is 4. The Labute approximate surface area is 218 Å². The molecule has 0 amide bonds. The Morgan fingerprint density at radius 2 is 1.11 bits per heavy atom. The van der Waals surface area contributed by atoms with Crippen LogP contribution in [-0.2, 0) is 47.6 Å². The summed E-state index contributed by atoms with van der Waals surface area (Å²) < 4.78 is 33.7. The van der Waals surface area contributed by atoms with Crippen LogP contribution in [0, 0.1) is 0 Å². The van der Waals surface area contributed by atoms with Crippen molar-refractivity contribution in [2.45, 2.75) is 128 Å². The molecule has 2 fully saturated rings. The van der Waals surface area contributed by atoms with Gasteiger partial charge in [0.05, 0.1) is 6.61 Å². The van der Waals surface area contributed by atoms with Crippen molar-refractivity contribution in [2.75, 3.05) is 13.2 Å². The number of esters is 4. The molecular formula is C26H42O11. The van der Waals surface area contributed by atoms with Crippen LogP contribution in [0.1, 0.15) is 111 Å². The lowest BCUT2D eigenvalue weighted by molar-refractivity contribution is -0.446. The number of hydrogen-bond acceptors (Lipinski definition) is 11. The summed E-state index contributed by atoms with van der Waals surface area (Å²) in [6, 6.07) is 0. The largest absolute Gasteiger partial charge is 0.407 e. The van der Waals surface area contributed by atoms with Gasteiger partial charge in [0.15, 0.2) is 12.2 Å². The number of carbonyl (C=O) groups excluding carboxylic acids is 4. The van der Waals surface area contributed by atoms with Crippen molar-refractivity contribution in [1.82, 2.24) is 0 Å². The monoisotopic (exact) mass is 530 g/mol. The predicted octanol–water partition coefficient (Wildman–Crippen LogP) is 3.78. The van der Waals surface area contributed by atoms with Gasteiger partial charge in [-0.25, -0.2) is 0 Å². The maximum Gasteiger partial charge on any atom is 0.407 e. The van der Waals surface area contributed by atoms with Gasteiger partial charge in [-0.3, -0.25) is 23.9 Å². The first-order valence-electron chi connectivity index (χ1n) is 13.5. The molecule has 0 spiro atoms. The summed E-state index contributed by atoms with van der Waals surface area (Å²) in [5.41, 5.74) is -1.94. The van der Waals surface area contributed by atoms with E-state index in [1.54, 1.807) is 6.92 Å². The molecule has 0 bridgehead atoms. The second-order valence-electron chi connectivity index (χ2n) is 9.51. The quantitative estimate of drug-likeness (QED) is 0.368. The zero-order chi connectivity index (χ0) is 27.4. The number of rotatable bonds is 12. The molecule has 0 atom stereocenters. The molecule has 0 aliphatic carbocycles. The fourth-order valence-corrected chi connectivity index (χ4v) is 4.29.